The highest BCUT2D eigenvalue weighted by atomic mass is 35.5. The van der Waals surface area contributed by atoms with Crippen LogP contribution in [0, 0.1) is 0 Å². The molecular weight excluding hydrogens is 319 g/mol. The van der Waals surface area contributed by atoms with Gasteiger partial charge >= 0.3 is 0 Å². The van der Waals surface area contributed by atoms with Crippen molar-refractivity contribution in [2.75, 3.05) is 6.54 Å². The molecule has 0 aliphatic carbocycles. The molecule has 1 amide bonds. The molecule has 0 fully saturated rings. The number of carbonyl (C=O) groups is 1. The van der Waals surface area contributed by atoms with E-state index < -0.39 is 0 Å². The molecule has 0 saturated carbocycles. The first kappa shape index (κ1) is 16.8. The zero-order valence-corrected chi connectivity index (χ0v) is 13.8. The smallest absolute Gasteiger partial charge is 0.234 e. The highest BCUT2D eigenvalue weighted by Crippen LogP contribution is 2.21. The first-order chi connectivity index (χ1) is 10.6. The summed E-state index contributed by atoms with van der Waals surface area (Å²) in [5.74, 6) is -0.0705. The van der Waals surface area contributed by atoms with Gasteiger partial charge in [0.15, 0.2) is 0 Å². The molecule has 2 aromatic carbocycles. The molecule has 0 bridgehead atoms. The molecule has 2 rings (SSSR count). The Morgan fingerprint density at radius 3 is 2.64 bits per heavy atom. The third kappa shape index (κ3) is 5.02. The molecule has 5 heteroatoms. The van der Waals surface area contributed by atoms with Gasteiger partial charge in [0.2, 0.25) is 5.91 Å². The zero-order chi connectivity index (χ0) is 15.9. The summed E-state index contributed by atoms with van der Waals surface area (Å²) in [5, 5.41) is 7.38. The molecule has 2 N–H and O–H groups in total. The number of benzene rings is 2. The fourth-order valence-corrected chi connectivity index (χ4v) is 2.60. The van der Waals surface area contributed by atoms with Crippen LogP contribution in [0.4, 0.5) is 0 Å². The Morgan fingerprint density at radius 2 is 1.91 bits per heavy atom. The summed E-state index contributed by atoms with van der Waals surface area (Å²) in [6.07, 6.45) is 0. The summed E-state index contributed by atoms with van der Waals surface area (Å²) in [6.45, 7) is 2.67. The molecule has 0 aliphatic rings. The molecule has 0 aromatic heterocycles. The van der Waals surface area contributed by atoms with Crippen molar-refractivity contribution < 1.29 is 4.79 Å². The standard InChI is InChI=1S/C17H18Cl2N2O/c1-12(15-7-2-3-8-16(15)19)20-11-17(22)21-10-13-5-4-6-14(18)9-13/h2-9,12,20H,10-11H2,1H3,(H,21,22). The van der Waals surface area contributed by atoms with E-state index in [1.165, 1.54) is 0 Å². The Morgan fingerprint density at radius 1 is 1.14 bits per heavy atom. The number of carbonyl (C=O) groups excluding carboxylic acids is 1. The lowest BCUT2D eigenvalue weighted by atomic mass is 10.1. The zero-order valence-electron chi connectivity index (χ0n) is 12.3. The third-order valence-electron chi connectivity index (χ3n) is 3.32. The van der Waals surface area contributed by atoms with E-state index in [4.69, 9.17) is 23.2 Å². The van der Waals surface area contributed by atoms with Crippen molar-refractivity contribution in [3.63, 3.8) is 0 Å². The quantitative estimate of drug-likeness (QED) is 0.838. The van der Waals surface area contributed by atoms with E-state index in [2.05, 4.69) is 10.6 Å². The summed E-state index contributed by atoms with van der Waals surface area (Å²) >= 11 is 12.0. The fraction of sp³-hybridized carbons (Fsp3) is 0.235. The minimum atomic E-state index is -0.0705. The van der Waals surface area contributed by atoms with Gasteiger partial charge in [-0.1, -0.05) is 53.5 Å². The highest BCUT2D eigenvalue weighted by Gasteiger charge is 2.10. The van der Waals surface area contributed by atoms with Crippen LogP contribution in [0.15, 0.2) is 48.5 Å². The molecule has 2 aromatic rings. The largest absolute Gasteiger partial charge is 0.351 e. The maximum absolute atomic E-state index is 11.9. The van der Waals surface area contributed by atoms with Crippen molar-refractivity contribution in [3.8, 4) is 0 Å². The summed E-state index contributed by atoms with van der Waals surface area (Å²) in [5.41, 5.74) is 1.95. The lowest BCUT2D eigenvalue weighted by Crippen LogP contribution is -2.34. The predicted molar refractivity (Wildman–Crippen MR) is 91.2 cm³/mol. The maximum Gasteiger partial charge on any atom is 0.234 e. The first-order valence-corrected chi connectivity index (χ1v) is 7.81. The number of hydrogen-bond acceptors (Lipinski definition) is 2. The van der Waals surface area contributed by atoms with Crippen molar-refractivity contribution in [2.24, 2.45) is 0 Å². The van der Waals surface area contributed by atoms with E-state index in [0.29, 0.717) is 16.6 Å². The van der Waals surface area contributed by atoms with Gasteiger partial charge in [0.05, 0.1) is 6.54 Å². The monoisotopic (exact) mass is 336 g/mol. The Kier molecular flexibility index (Phi) is 6.25. The molecule has 22 heavy (non-hydrogen) atoms. The second kappa shape index (κ2) is 8.18. The van der Waals surface area contributed by atoms with Crippen LogP contribution in [0.1, 0.15) is 24.1 Å². The van der Waals surface area contributed by atoms with Crippen molar-refractivity contribution >= 4 is 29.1 Å². The summed E-state index contributed by atoms with van der Waals surface area (Å²) in [4.78, 5) is 11.9. The van der Waals surface area contributed by atoms with Gasteiger partial charge in [-0.05, 0) is 36.2 Å². The minimum absolute atomic E-state index is 0.00520. The van der Waals surface area contributed by atoms with Crippen LogP contribution in [0.25, 0.3) is 0 Å². The molecule has 1 unspecified atom stereocenters. The Bertz CT molecular complexity index is 646. The molecule has 0 saturated heterocycles. The van der Waals surface area contributed by atoms with Gasteiger partial charge < -0.3 is 10.6 Å². The topological polar surface area (TPSA) is 41.1 Å². The molecule has 0 spiro atoms. The van der Waals surface area contributed by atoms with Gasteiger partial charge in [-0.15, -0.1) is 0 Å². The average molecular weight is 337 g/mol. The number of hydrogen-bond donors (Lipinski definition) is 2. The normalized spacial score (nSPS) is 12.0. The number of amides is 1. The van der Waals surface area contributed by atoms with E-state index in [-0.39, 0.29) is 18.5 Å². The third-order valence-corrected chi connectivity index (χ3v) is 3.90. The number of nitrogens with one attached hydrogen (secondary N) is 2. The lowest BCUT2D eigenvalue weighted by Gasteiger charge is -2.15. The summed E-state index contributed by atoms with van der Waals surface area (Å²) < 4.78 is 0. The molecule has 0 heterocycles. The Hall–Kier alpha value is -1.55. The molecule has 0 radical (unpaired) electrons. The number of rotatable bonds is 6. The van der Waals surface area contributed by atoms with E-state index >= 15 is 0 Å². The maximum atomic E-state index is 11.9. The molecule has 3 nitrogen and oxygen atoms in total. The highest BCUT2D eigenvalue weighted by molar-refractivity contribution is 6.31. The van der Waals surface area contributed by atoms with Crippen LogP contribution in [0.3, 0.4) is 0 Å². The van der Waals surface area contributed by atoms with Crippen LogP contribution >= 0.6 is 23.2 Å². The lowest BCUT2D eigenvalue weighted by molar-refractivity contribution is -0.120. The number of halogens is 2. The van der Waals surface area contributed by atoms with Crippen molar-refractivity contribution in [1.29, 1.82) is 0 Å². The SMILES string of the molecule is CC(NCC(=O)NCc1cccc(Cl)c1)c1ccccc1Cl. The summed E-state index contributed by atoms with van der Waals surface area (Å²) in [7, 11) is 0. The second-order valence-electron chi connectivity index (χ2n) is 5.03. The molecule has 1 atom stereocenters. The molecule has 0 aliphatic heterocycles. The van der Waals surface area contributed by atoms with Crippen LogP contribution in [-0.4, -0.2) is 12.5 Å². The first-order valence-electron chi connectivity index (χ1n) is 7.05. The fourth-order valence-electron chi connectivity index (χ4n) is 2.09. The van der Waals surface area contributed by atoms with Gasteiger partial charge in [-0.3, -0.25) is 4.79 Å². The molecule has 116 valence electrons. The van der Waals surface area contributed by atoms with Crippen molar-refractivity contribution in [3.05, 3.63) is 69.7 Å². The van der Waals surface area contributed by atoms with E-state index in [0.717, 1.165) is 11.1 Å². The van der Waals surface area contributed by atoms with Gasteiger partial charge in [0.1, 0.15) is 0 Å². The van der Waals surface area contributed by atoms with E-state index in [1.807, 2.05) is 49.4 Å². The summed E-state index contributed by atoms with van der Waals surface area (Å²) in [6, 6.07) is 15.0. The van der Waals surface area contributed by atoms with E-state index in [1.54, 1.807) is 6.07 Å². The Labute approximate surface area is 140 Å². The average Bonchev–Trinajstić information content (AvgIpc) is 2.51. The van der Waals surface area contributed by atoms with Crippen LogP contribution in [-0.2, 0) is 11.3 Å². The van der Waals surface area contributed by atoms with Crippen molar-refractivity contribution in [1.82, 2.24) is 10.6 Å². The molecular formula is C17H18Cl2N2O. The predicted octanol–water partition coefficient (Wildman–Crippen LogP) is 3.96. The van der Waals surface area contributed by atoms with E-state index in [9.17, 15) is 4.79 Å². The van der Waals surface area contributed by atoms with Crippen LogP contribution in [0.2, 0.25) is 10.0 Å². The minimum Gasteiger partial charge on any atom is -0.351 e. The Balaban J connectivity index is 1.79. The van der Waals surface area contributed by atoms with Crippen LogP contribution < -0.4 is 10.6 Å². The van der Waals surface area contributed by atoms with Gasteiger partial charge in [0, 0.05) is 22.6 Å². The van der Waals surface area contributed by atoms with Gasteiger partial charge in [-0.2, -0.15) is 0 Å². The van der Waals surface area contributed by atoms with Gasteiger partial charge in [-0.25, -0.2) is 0 Å². The van der Waals surface area contributed by atoms with Crippen LogP contribution in [0.5, 0.6) is 0 Å². The van der Waals surface area contributed by atoms with Crippen molar-refractivity contribution in [2.45, 2.75) is 19.5 Å². The second-order valence-corrected chi connectivity index (χ2v) is 5.87. The van der Waals surface area contributed by atoms with Gasteiger partial charge in [0.25, 0.3) is 0 Å².